The molecule has 0 saturated carbocycles. The van der Waals surface area contributed by atoms with Gasteiger partial charge in [-0.2, -0.15) is 0 Å². The van der Waals surface area contributed by atoms with Gasteiger partial charge in [0.2, 0.25) is 0 Å². The summed E-state index contributed by atoms with van der Waals surface area (Å²) in [6, 6.07) is 0. The highest BCUT2D eigenvalue weighted by atomic mass is 16.7. The number of unbranched alkanes of at least 4 members (excludes halogenated alkanes) is 21. The Labute approximate surface area is 346 Å². The quantitative estimate of drug-likeness (QED) is 0.0262. The van der Waals surface area contributed by atoms with E-state index in [9.17, 15) is 9.59 Å². The van der Waals surface area contributed by atoms with Gasteiger partial charge >= 0.3 is 11.9 Å². The van der Waals surface area contributed by atoms with Crippen LogP contribution in [0.1, 0.15) is 219 Å². The number of esters is 2. The molecule has 0 aromatic carbocycles. The van der Waals surface area contributed by atoms with E-state index >= 15 is 0 Å². The predicted octanol–water partition coefficient (Wildman–Crippen LogP) is 12.8. The van der Waals surface area contributed by atoms with Crippen LogP contribution in [0.15, 0.2) is 12.2 Å². The lowest BCUT2D eigenvalue weighted by molar-refractivity contribution is -0.269. The van der Waals surface area contributed by atoms with E-state index in [1.807, 2.05) is 20.2 Å². The number of nitrogens with zero attached hydrogens (tertiary/aromatic N) is 1. The maximum atomic E-state index is 12.6. The molecule has 0 amide bonds. The van der Waals surface area contributed by atoms with Crippen LogP contribution in [0, 0.1) is 0 Å². The fraction of sp³-hybridized carbons (Fsp3) is 0.917. The first kappa shape index (κ1) is 52.5. The lowest BCUT2D eigenvalue weighted by atomic mass is 10.0. The van der Waals surface area contributed by atoms with Gasteiger partial charge in [-0.1, -0.05) is 142 Å². The van der Waals surface area contributed by atoms with Crippen LogP contribution in [0.3, 0.4) is 0 Å². The lowest BCUT2D eigenvalue weighted by Gasteiger charge is -2.37. The van der Waals surface area contributed by atoms with Crippen molar-refractivity contribution in [2.45, 2.75) is 231 Å². The Bertz CT molecular complexity index is 904. The first-order valence-electron chi connectivity index (χ1n) is 23.9. The van der Waals surface area contributed by atoms with E-state index in [1.165, 1.54) is 109 Å². The van der Waals surface area contributed by atoms with Crippen molar-refractivity contribution in [1.82, 2.24) is 4.90 Å². The summed E-state index contributed by atoms with van der Waals surface area (Å²) in [5, 5.41) is 0. The van der Waals surface area contributed by atoms with Crippen molar-refractivity contribution in [3.63, 3.8) is 0 Å². The van der Waals surface area contributed by atoms with Crippen LogP contribution in [0.2, 0.25) is 0 Å². The molecule has 1 fully saturated rings. The average molecular weight is 794 g/mol. The molecule has 8 heteroatoms. The van der Waals surface area contributed by atoms with Gasteiger partial charge in [0.15, 0.2) is 5.79 Å². The first-order chi connectivity index (χ1) is 27.4. The minimum atomic E-state index is -0.425. The van der Waals surface area contributed by atoms with Gasteiger partial charge in [0.05, 0.1) is 26.4 Å². The molecule has 1 unspecified atom stereocenters. The molecular formula is C48H91NO7. The number of rotatable bonds is 41. The monoisotopic (exact) mass is 794 g/mol. The molecule has 0 aliphatic carbocycles. The molecule has 56 heavy (non-hydrogen) atoms. The zero-order chi connectivity index (χ0) is 40.6. The number of ether oxygens (including phenoxy) is 5. The molecule has 8 nitrogen and oxygen atoms in total. The van der Waals surface area contributed by atoms with E-state index in [4.69, 9.17) is 23.7 Å². The fourth-order valence-electron chi connectivity index (χ4n) is 7.43. The standard InChI is InChI=1S/C48H91NO7/c1-5-7-9-11-18-24-29-40-53-46(50)35-28-22-17-14-16-21-27-34-45(56-47(51)36-32-39-49(3)4)33-26-20-15-12-13-19-25-31-42-55-48(37-43-52-44-38-48)54-41-30-23-10-8-6-2/h24,29,45H,5-23,25-28,30-44H2,1-4H3/b29-24-. The van der Waals surface area contributed by atoms with Crippen LogP contribution in [0.5, 0.6) is 0 Å². The summed E-state index contributed by atoms with van der Waals surface area (Å²) in [4.78, 5) is 26.8. The third-order valence-corrected chi connectivity index (χ3v) is 11.1. The number of hydrogen-bond donors (Lipinski definition) is 0. The van der Waals surface area contributed by atoms with Crippen LogP contribution >= 0.6 is 0 Å². The van der Waals surface area contributed by atoms with Gasteiger partial charge in [0, 0.05) is 25.7 Å². The highest BCUT2D eigenvalue weighted by Gasteiger charge is 2.34. The topological polar surface area (TPSA) is 83.5 Å². The van der Waals surface area contributed by atoms with Crippen LogP contribution in [0.25, 0.3) is 0 Å². The highest BCUT2D eigenvalue weighted by Crippen LogP contribution is 2.28. The third kappa shape index (κ3) is 33.5. The number of carbonyl (C=O) groups excluding carboxylic acids is 2. The van der Waals surface area contributed by atoms with Crippen molar-refractivity contribution in [3.05, 3.63) is 12.2 Å². The fourth-order valence-corrected chi connectivity index (χ4v) is 7.43. The molecule has 330 valence electrons. The summed E-state index contributed by atoms with van der Waals surface area (Å²) in [6.45, 7) is 8.84. The Morgan fingerprint density at radius 2 is 1.07 bits per heavy atom. The van der Waals surface area contributed by atoms with Gasteiger partial charge in [-0.05, 0) is 84.8 Å². The summed E-state index contributed by atoms with van der Waals surface area (Å²) in [7, 11) is 4.09. The van der Waals surface area contributed by atoms with Gasteiger partial charge < -0.3 is 28.6 Å². The molecule has 1 saturated heterocycles. The normalized spacial score (nSPS) is 14.8. The lowest BCUT2D eigenvalue weighted by Crippen LogP contribution is -2.42. The summed E-state index contributed by atoms with van der Waals surface area (Å²) in [5.74, 6) is -0.533. The predicted molar refractivity (Wildman–Crippen MR) is 233 cm³/mol. The van der Waals surface area contributed by atoms with Crippen LogP contribution in [-0.4, -0.2) is 82.4 Å². The van der Waals surface area contributed by atoms with Crippen molar-refractivity contribution in [2.75, 3.05) is 53.7 Å². The zero-order valence-corrected chi connectivity index (χ0v) is 37.4. The van der Waals surface area contributed by atoms with Crippen molar-refractivity contribution >= 4 is 11.9 Å². The Balaban J connectivity index is 2.16. The second-order valence-corrected chi connectivity index (χ2v) is 16.8. The Hall–Kier alpha value is -1.48. The van der Waals surface area contributed by atoms with Crippen LogP contribution in [-0.2, 0) is 33.3 Å². The third-order valence-electron chi connectivity index (χ3n) is 11.1. The molecule has 0 aromatic heterocycles. The number of carbonyl (C=O) groups is 2. The van der Waals surface area contributed by atoms with E-state index in [0.29, 0.717) is 19.4 Å². The number of allylic oxidation sites excluding steroid dienone is 1. The smallest absolute Gasteiger partial charge is 0.306 e. The second-order valence-electron chi connectivity index (χ2n) is 16.8. The maximum absolute atomic E-state index is 12.6. The van der Waals surface area contributed by atoms with E-state index in [-0.39, 0.29) is 18.0 Å². The molecule has 1 aliphatic heterocycles. The van der Waals surface area contributed by atoms with Crippen molar-refractivity contribution in [1.29, 1.82) is 0 Å². The second kappa shape index (κ2) is 39.0. The summed E-state index contributed by atoms with van der Waals surface area (Å²) in [5.41, 5.74) is 0. The van der Waals surface area contributed by atoms with Crippen molar-refractivity contribution in [2.24, 2.45) is 0 Å². The van der Waals surface area contributed by atoms with E-state index in [1.54, 1.807) is 0 Å². The van der Waals surface area contributed by atoms with Gasteiger partial charge in [-0.3, -0.25) is 9.59 Å². The molecular weight excluding hydrogens is 703 g/mol. The summed E-state index contributed by atoms with van der Waals surface area (Å²) >= 11 is 0. The largest absolute Gasteiger partial charge is 0.462 e. The highest BCUT2D eigenvalue weighted by molar-refractivity contribution is 5.69. The molecule has 1 aliphatic rings. The van der Waals surface area contributed by atoms with Crippen LogP contribution < -0.4 is 0 Å². The van der Waals surface area contributed by atoms with Gasteiger partial charge in [-0.25, -0.2) is 0 Å². The summed E-state index contributed by atoms with van der Waals surface area (Å²) < 4.78 is 29.7. The van der Waals surface area contributed by atoms with Gasteiger partial charge in [-0.15, -0.1) is 0 Å². The molecule has 1 rings (SSSR count). The Kier molecular flexibility index (Phi) is 36.6. The van der Waals surface area contributed by atoms with Crippen LogP contribution in [0.4, 0.5) is 0 Å². The molecule has 0 spiro atoms. The molecule has 0 aromatic rings. The average Bonchev–Trinajstić information content (AvgIpc) is 3.18. The first-order valence-corrected chi connectivity index (χ1v) is 23.9. The SMILES string of the molecule is CCCCCC/C=C\COC(=O)CCCCCCCCCC(CCCCCCCCCCOC1(OCCCCCCC)CCOCC1)OC(=O)CCCN(C)C. The van der Waals surface area contributed by atoms with E-state index in [0.717, 1.165) is 116 Å². The van der Waals surface area contributed by atoms with Crippen molar-refractivity contribution < 1.29 is 33.3 Å². The molecule has 1 atom stereocenters. The van der Waals surface area contributed by atoms with Crippen molar-refractivity contribution in [3.8, 4) is 0 Å². The molecule has 0 bridgehead atoms. The minimum Gasteiger partial charge on any atom is -0.462 e. The Morgan fingerprint density at radius 3 is 1.62 bits per heavy atom. The van der Waals surface area contributed by atoms with Gasteiger partial charge in [0.1, 0.15) is 12.7 Å². The van der Waals surface area contributed by atoms with E-state index in [2.05, 4.69) is 24.8 Å². The maximum Gasteiger partial charge on any atom is 0.306 e. The van der Waals surface area contributed by atoms with E-state index < -0.39 is 5.79 Å². The minimum absolute atomic E-state index is 0.0329. The van der Waals surface area contributed by atoms with Gasteiger partial charge in [0.25, 0.3) is 0 Å². The Morgan fingerprint density at radius 1 is 0.589 bits per heavy atom. The molecule has 0 radical (unpaired) electrons. The zero-order valence-electron chi connectivity index (χ0n) is 37.4. The number of hydrogen-bond acceptors (Lipinski definition) is 8. The summed E-state index contributed by atoms with van der Waals surface area (Å²) in [6.07, 6.45) is 39.6. The molecule has 1 heterocycles. The molecule has 0 N–H and O–H groups in total.